The van der Waals surface area contributed by atoms with Crippen LogP contribution in [0.1, 0.15) is 41.0 Å². The second kappa shape index (κ2) is 8.19. The van der Waals surface area contributed by atoms with Crippen LogP contribution in [0.5, 0.6) is 0 Å². The van der Waals surface area contributed by atoms with Crippen LogP contribution in [0.25, 0.3) is 0 Å². The van der Waals surface area contributed by atoms with Crippen molar-refractivity contribution >= 4 is 11.8 Å². The molecule has 24 heavy (non-hydrogen) atoms. The van der Waals surface area contributed by atoms with Gasteiger partial charge in [-0.3, -0.25) is 14.6 Å². The average molecular weight is 329 g/mol. The van der Waals surface area contributed by atoms with Crippen molar-refractivity contribution in [2.24, 2.45) is 0 Å². The first-order valence-corrected chi connectivity index (χ1v) is 7.72. The number of halogens is 1. The highest BCUT2D eigenvalue weighted by atomic mass is 19.1. The Labute approximate surface area is 140 Å². The molecule has 0 aliphatic heterocycles. The molecule has 0 fully saturated rings. The molecule has 6 heteroatoms. The van der Waals surface area contributed by atoms with Crippen LogP contribution in [-0.2, 0) is 4.79 Å². The first kappa shape index (κ1) is 17.6. The second-order valence-corrected chi connectivity index (χ2v) is 5.51. The van der Waals surface area contributed by atoms with Crippen molar-refractivity contribution in [3.8, 4) is 0 Å². The Morgan fingerprint density at radius 2 is 1.96 bits per heavy atom. The van der Waals surface area contributed by atoms with E-state index in [1.165, 1.54) is 18.2 Å². The minimum Gasteiger partial charge on any atom is -0.351 e. The number of carbonyl (C=O) groups is 2. The van der Waals surface area contributed by atoms with Gasteiger partial charge in [-0.1, -0.05) is 18.2 Å². The number of rotatable bonds is 6. The van der Waals surface area contributed by atoms with Gasteiger partial charge in [0.25, 0.3) is 5.91 Å². The van der Waals surface area contributed by atoms with Crippen LogP contribution in [-0.4, -0.2) is 23.3 Å². The first-order valence-electron chi connectivity index (χ1n) is 7.72. The molecule has 0 aliphatic carbocycles. The SMILES string of the molecule is Cc1ccc(C(C)NC(=O)CCNC(=O)c2ccccc2F)cn1. The number of nitrogens with one attached hydrogen (secondary N) is 2. The van der Waals surface area contributed by atoms with E-state index in [4.69, 9.17) is 0 Å². The smallest absolute Gasteiger partial charge is 0.254 e. The Kier molecular flexibility index (Phi) is 6.01. The monoisotopic (exact) mass is 329 g/mol. The van der Waals surface area contributed by atoms with Gasteiger partial charge in [0.15, 0.2) is 0 Å². The Morgan fingerprint density at radius 1 is 1.21 bits per heavy atom. The van der Waals surface area contributed by atoms with E-state index in [1.54, 1.807) is 12.3 Å². The highest BCUT2D eigenvalue weighted by molar-refractivity contribution is 5.94. The Bertz CT molecular complexity index is 716. The van der Waals surface area contributed by atoms with Gasteiger partial charge in [0.1, 0.15) is 5.82 Å². The number of nitrogens with zero attached hydrogens (tertiary/aromatic N) is 1. The molecule has 1 heterocycles. The van der Waals surface area contributed by atoms with Gasteiger partial charge in [0, 0.05) is 24.9 Å². The van der Waals surface area contributed by atoms with Crippen LogP contribution in [0.3, 0.4) is 0 Å². The zero-order valence-electron chi connectivity index (χ0n) is 13.7. The third-order valence-corrected chi connectivity index (χ3v) is 3.57. The summed E-state index contributed by atoms with van der Waals surface area (Å²) in [4.78, 5) is 27.9. The lowest BCUT2D eigenvalue weighted by Crippen LogP contribution is -2.32. The average Bonchev–Trinajstić information content (AvgIpc) is 2.55. The molecule has 0 spiro atoms. The van der Waals surface area contributed by atoms with E-state index in [2.05, 4.69) is 15.6 Å². The summed E-state index contributed by atoms with van der Waals surface area (Å²) in [5, 5.41) is 5.38. The van der Waals surface area contributed by atoms with Crippen LogP contribution < -0.4 is 10.6 Å². The molecule has 2 aromatic rings. The van der Waals surface area contributed by atoms with Crippen molar-refractivity contribution in [3.63, 3.8) is 0 Å². The quantitative estimate of drug-likeness (QED) is 0.855. The third-order valence-electron chi connectivity index (χ3n) is 3.57. The summed E-state index contributed by atoms with van der Waals surface area (Å²) >= 11 is 0. The molecule has 0 aliphatic rings. The third kappa shape index (κ3) is 4.87. The van der Waals surface area contributed by atoms with E-state index in [9.17, 15) is 14.0 Å². The van der Waals surface area contributed by atoms with E-state index >= 15 is 0 Å². The lowest BCUT2D eigenvalue weighted by Gasteiger charge is -2.14. The maximum absolute atomic E-state index is 13.5. The summed E-state index contributed by atoms with van der Waals surface area (Å²) < 4.78 is 13.5. The van der Waals surface area contributed by atoms with Crippen molar-refractivity contribution in [2.45, 2.75) is 26.3 Å². The fraction of sp³-hybridized carbons (Fsp3) is 0.278. The molecule has 0 saturated carbocycles. The molecular formula is C18H20FN3O2. The van der Waals surface area contributed by atoms with E-state index in [1.807, 2.05) is 26.0 Å². The van der Waals surface area contributed by atoms with Crippen molar-refractivity contribution < 1.29 is 14.0 Å². The number of benzene rings is 1. The molecular weight excluding hydrogens is 309 g/mol. The predicted molar refractivity (Wildman–Crippen MR) is 88.9 cm³/mol. The zero-order chi connectivity index (χ0) is 17.5. The molecule has 0 radical (unpaired) electrons. The first-order chi connectivity index (χ1) is 11.5. The molecule has 126 valence electrons. The summed E-state index contributed by atoms with van der Waals surface area (Å²) in [6, 6.07) is 9.34. The van der Waals surface area contributed by atoms with Crippen LogP contribution >= 0.6 is 0 Å². The number of aromatic nitrogens is 1. The Hall–Kier alpha value is -2.76. The number of carbonyl (C=O) groups excluding carboxylic acids is 2. The molecule has 5 nitrogen and oxygen atoms in total. The predicted octanol–water partition coefficient (Wildman–Crippen LogP) is 2.53. The molecule has 1 aromatic carbocycles. The number of hydrogen-bond acceptors (Lipinski definition) is 3. The topological polar surface area (TPSA) is 71.1 Å². The normalized spacial score (nSPS) is 11.6. The van der Waals surface area contributed by atoms with Gasteiger partial charge in [-0.25, -0.2) is 4.39 Å². The van der Waals surface area contributed by atoms with Crippen LogP contribution in [0.4, 0.5) is 4.39 Å². The molecule has 0 saturated heterocycles. The Morgan fingerprint density at radius 3 is 2.62 bits per heavy atom. The van der Waals surface area contributed by atoms with E-state index in [0.717, 1.165) is 11.3 Å². The molecule has 2 N–H and O–H groups in total. The summed E-state index contributed by atoms with van der Waals surface area (Å²) in [6.07, 6.45) is 1.84. The van der Waals surface area contributed by atoms with Crippen molar-refractivity contribution in [1.29, 1.82) is 0 Å². The van der Waals surface area contributed by atoms with Gasteiger partial charge < -0.3 is 10.6 Å². The minimum absolute atomic E-state index is 0.0306. The van der Waals surface area contributed by atoms with Crippen molar-refractivity contribution in [2.75, 3.05) is 6.54 Å². The lowest BCUT2D eigenvalue weighted by atomic mass is 10.1. The zero-order valence-corrected chi connectivity index (χ0v) is 13.7. The maximum atomic E-state index is 13.5. The number of pyridine rings is 1. The molecule has 1 atom stereocenters. The molecule has 2 rings (SSSR count). The highest BCUT2D eigenvalue weighted by Gasteiger charge is 2.12. The van der Waals surface area contributed by atoms with Gasteiger partial charge in [-0.05, 0) is 37.6 Å². The van der Waals surface area contributed by atoms with Gasteiger partial charge in [-0.2, -0.15) is 0 Å². The molecule has 1 unspecified atom stereocenters. The Balaban J connectivity index is 1.78. The van der Waals surface area contributed by atoms with E-state index in [0.29, 0.717) is 0 Å². The van der Waals surface area contributed by atoms with Crippen LogP contribution in [0.2, 0.25) is 0 Å². The maximum Gasteiger partial charge on any atom is 0.254 e. The number of aryl methyl sites for hydroxylation is 1. The second-order valence-electron chi connectivity index (χ2n) is 5.51. The largest absolute Gasteiger partial charge is 0.351 e. The van der Waals surface area contributed by atoms with E-state index in [-0.39, 0.29) is 30.5 Å². The minimum atomic E-state index is -0.583. The van der Waals surface area contributed by atoms with Gasteiger partial charge >= 0.3 is 0 Å². The lowest BCUT2D eigenvalue weighted by molar-refractivity contribution is -0.121. The summed E-state index contributed by atoms with van der Waals surface area (Å²) in [7, 11) is 0. The number of hydrogen-bond donors (Lipinski definition) is 2. The standard InChI is InChI=1S/C18H20FN3O2/c1-12-7-8-14(11-21-12)13(2)22-17(23)9-10-20-18(24)15-5-3-4-6-16(15)19/h3-8,11,13H,9-10H2,1-2H3,(H,20,24)(H,22,23). The highest BCUT2D eigenvalue weighted by Crippen LogP contribution is 2.11. The van der Waals surface area contributed by atoms with Crippen molar-refractivity contribution in [3.05, 3.63) is 65.2 Å². The molecule has 1 aromatic heterocycles. The number of amides is 2. The summed E-state index contributed by atoms with van der Waals surface area (Å²) in [5.41, 5.74) is 1.79. The van der Waals surface area contributed by atoms with Crippen LogP contribution in [0, 0.1) is 12.7 Å². The summed E-state index contributed by atoms with van der Waals surface area (Å²) in [6.45, 7) is 3.89. The fourth-order valence-corrected chi connectivity index (χ4v) is 2.16. The van der Waals surface area contributed by atoms with Crippen LogP contribution in [0.15, 0.2) is 42.6 Å². The molecule has 2 amide bonds. The van der Waals surface area contributed by atoms with Gasteiger partial charge in [-0.15, -0.1) is 0 Å². The van der Waals surface area contributed by atoms with Gasteiger partial charge in [0.2, 0.25) is 5.91 Å². The van der Waals surface area contributed by atoms with Crippen molar-refractivity contribution in [1.82, 2.24) is 15.6 Å². The summed E-state index contributed by atoms with van der Waals surface area (Å²) in [5.74, 6) is -1.31. The molecule has 0 bridgehead atoms. The van der Waals surface area contributed by atoms with E-state index < -0.39 is 11.7 Å². The van der Waals surface area contributed by atoms with Gasteiger partial charge in [0.05, 0.1) is 11.6 Å². The fourth-order valence-electron chi connectivity index (χ4n) is 2.16.